The number of halogens is 3. The summed E-state index contributed by atoms with van der Waals surface area (Å²) in [6, 6.07) is 3.60. The van der Waals surface area contributed by atoms with Gasteiger partial charge in [-0.2, -0.15) is 0 Å². The van der Waals surface area contributed by atoms with Crippen LogP contribution in [0.1, 0.15) is 18.4 Å². The van der Waals surface area contributed by atoms with Crippen LogP contribution in [0.25, 0.3) is 0 Å². The first-order chi connectivity index (χ1) is 7.20. The monoisotopic (exact) mass is 281 g/mol. The zero-order valence-corrected chi connectivity index (χ0v) is 11.0. The van der Waals surface area contributed by atoms with Gasteiger partial charge in [0.25, 0.3) is 0 Å². The minimum Gasteiger partial charge on any atom is -0.490 e. The van der Waals surface area contributed by atoms with Crippen molar-refractivity contribution >= 4 is 35.6 Å². The van der Waals surface area contributed by atoms with Crippen molar-refractivity contribution in [2.24, 2.45) is 11.7 Å². The van der Waals surface area contributed by atoms with E-state index in [0.29, 0.717) is 34.9 Å². The van der Waals surface area contributed by atoms with E-state index in [4.69, 9.17) is 33.7 Å². The van der Waals surface area contributed by atoms with Crippen LogP contribution < -0.4 is 10.5 Å². The van der Waals surface area contributed by atoms with Crippen molar-refractivity contribution < 1.29 is 4.74 Å². The quantitative estimate of drug-likeness (QED) is 0.914. The molecule has 0 amide bonds. The predicted molar refractivity (Wildman–Crippen MR) is 69.8 cm³/mol. The molecule has 0 unspecified atom stereocenters. The summed E-state index contributed by atoms with van der Waals surface area (Å²) in [5.41, 5.74) is 6.43. The Morgan fingerprint density at radius 2 is 1.81 bits per heavy atom. The Morgan fingerprint density at radius 3 is 2.25 bits per heavy atom. The first-order valence-corrected chi connectivity index (χ1v) is 5.77. The van der Waals surface area contributed by atoms with Gasteiger partial charge in [0.05, 0.1) is 16.7 Å². The molecule has 1 fully saturated rings. The average Bonchev–Trinajstić information content (AvgIpc) is 3.00. The molecule has 2 nitrogen and oxygen atoms in total. The van der Waals surface area contributed by atoms with Gasteiger partial charge in [-0.15, -0.1) is 12.4 Å². The van der Waals surface area contributed by atoms with Crippen molar-refractivity contribution in [1.29, 1.82) is 0 Å². The lowest BCUT2D eigenvalue weighted by Gasteiger charge is -2.10. The van der Waals surface area contributed by atoms with E-state index in [9.17, 15) is 0 Å². The molecule has 0 spiro atoms. The van der Waals surface area contributed by atoms with Crippen LogP contribution in [0.2, 0.25) is 10.0 Å². The lowest BCUT2D eigenvalue weighted by Crippen LogP contribution is -2.02. The Hall–Kier alpha value is -0.150. The molecule has 2 N–H and O–H groups in total. The fraction of sp³-hybridized carbons (Fsp3) is 0.455. The van der Waals surface area contributed by atoms with E-state index < -0.39 is 0 Å². The van der Waals surface area contributed by atoms with E-state index in [-0.39, 0.29) is 12.4 Å². The van der Waals surface area contributed by atoms with Gasteiger partial charge in [0, 0.05) is 6.54 Å². The largest absolute Gasteiger partial charge is 0.490 e. The second kappa shape index (κ2) is 5.97. The van der Waals surface area contributed by atoms with E-state index in [1.165, 1.54) is 12.8 Å². The SMILES string of the molecule is Cl.NCc1cc(Cl)c(OCC2CC2)c(Cl)c1. The molecule has 5 heteroatoms. The van der Waals surface area contributed by atoms with Gasteiger partial charge in [0.15, 0.2) is 5.75 Å². The average molecular weight is 283 g/mol. The fourth-order valence-electron chi connectivity index (χ4n) is 1.35. The summed E-state index contributed by atoms with van der Waals surface area (Å²) >= 11 is 12.1. The number of benzene rings is 1. The van der Waals surface area contributed by atoms with Gasteiger partial charge < -0.3 is 10.5 Å². The smallest absolute Gasteiger partial charge is 0.156 e. The molecule has 16 heavy (non-hydrogen) atoms. The summed E-state index contributed by atoms with van der Waals surface area (Å²) in [6.07, 6.45) is 2.49. The number of nitrogens with two attached hydrogens (primary N) is 1. The van der Waals surface area contributed by atoms with Crippen molar-refractivity contribution in [2.75, 3.05) is 6.61 Å². The number of hydrogen-bond acceptors (Lipinski definition) is 2. The zero-order chi connectivity index (χ0) is 10.8. The maximum absolute atomic E-state index is 6.05. The van der Waals surface area contributed by atoms with Crippen LogP contribution in [0.3, 0.4) is 0 Å². The molecule has 0 aliphatic heterocycles. The summed E-state index contributed by atoms with van der Waals surface area (Å²) in [5, 5.41) is 1.09. The standard InChI is InChI=1S/C11H13Cl2NO.ClH/c12-9-3-8(5-14)4-10(13)11(9)15-6-7-1-2-7;/h3-4,7H,1-2,5-6,14H2;1H. The molecule has 0 atom stereocenters. The summed E-state index contributed by atoms with van der Waals surface area (Å²) in [7, 11) is 0. The highest BCUT2D eigenvalue weighted by Crippen LogP contribution is 2.36. The first-order valence-electron chi connectivity index (χ1n) is 5.01. The first kappa shape index (κ1) is 13.9. The van der Waals surface area contributed by atoms with Crippen LogP contribution in [0, 0.1) is 5.92 Å². The van der Waals surface area contributed by atoms with Gasteiger partial charge in [-0.25, -0.2) is 0 Å². The van der Waals surface area contributed by atoms with E-state index in [2.05, 4.69) is 0 Å². The molecule has 0 bridgehead atoms. The van der Waals surface area contributed by atoms with Gasteiger partial charge in [0.1, 0.15) is 0 Å². The fourth-order valence-corrected chi connectivity index (χ4v) is 2.00. The third-order valence-corrected chi connectivity index (χ3v) is 3.02. The maximum atomic E-state index is 6.05. The Balaban J connectivity index is 0.00000128. The Kier molecular flexibility index (Phi) is 5.19. The lowest BCUT2D eigenvalue weighted by atomic mass is 10.2. The molecule has 1 aliphatic carbocycles. The predicted octanol–water partition coefficient (Wildman–Crippen LogP) is 3.66. The van der Waals surface area contributed by atoms with Crippen molar-refractivity contribution in [3.8, 4) is 5.75 Å². The Bertz CT molecular complexity index is 343. The molecule has 1 saturated carbocycles. The van der Waals surface area contributed by atoms with Gasteiger partial charge in [-0.3, -0.25) is 0 Å². The van der Waals surface area contributed by atoms with Crippen molar-refractivity contribution in [3.63, 3.8) is 0 Å². The Labute approximate surface area is 111 Å². The molecule has 0 aromatic heterocycles. The lowest BCUT2D eigenvalue weighted by molar-refractivity contribution is 0.300. The van der Waals surface area contributed by atoms with Crippen LogP contribution in [0.4, 0.5) is 0 Å². The van der Waals surface area contributed by atoms with Crippen molar-refractivity contribution in [1.82, 2.24) is 0 Å². The summed E-state index contributed by atoms with van der Waals surface area (Å²) in [5.74, 6) is 1.27. The molecule has 1 aliphatic rings. The second-order valence-corrected chi connectivity index (χ2v) is 4.66. The summed E-state index contributed by atoms with van der Waals surface area (Å²) in [6.45, 7) is 1.14. The summed E-state index contributed by atoms with van der Waals surface area (Å²) in [4.78, 5) is 0. The van der Waals surface area contributed by atoms with E-state index in [1.54, 1.807) is 12.1 Å². The molecule has 1 aromatic rings. The maximum Gasteiger partial charge on any atom is 0.156 e. The van der Waals surface area contributed by atoms with Crippen molar-refractivity contribution in [2.45, 2.75) is 19.4 Å². The molecular weight excluding hydrogens is 268 g/mol. The zero-order valence-electron chi connectivity index (χ0n) is 8.71. The van der Waals surface area contributed by atoms with Gasteiger partial charge >= 0.3 is 0 Å². The molecule has 1 aromatic carbocycles. The van der Waals surface area contributed by atoms with Gasteiger partial charge in [0.2, 0.25) is 0 Å². The number of ether oxygens (including phenoxy) is 1. The highest BCUT2D eigenvalue weighted by atomic mass is 35.5. The topological polar surface area (TPSA) is 35.2 Å². The minimum absolute atomic E-state index is 0. The van der Waals surface area contributed by atoms with Crippen LogP contribution in [0.5, 0.6) is 5.75 Å². The third-order valence-electron chi connectivity index (χ3n) is 2.45. The number of hydrogen-bond donors (Lipinski definition) is 1. The molecule has 90 valence electrons. The highest BCUT2D eigenvalue weighted by Gasteiger charge is 2.23. The van der Waals surface area contributed by atoms with Gasteiger partial charge in [-0.05, 0) is 36.5 Å². The Morgan fingerprint density at radius 1 is 1.25 bits per heavy atom. The molecule has 0 heterocycles. The third kappa shape index (κ3) is 3.42. The van der Waals surface area contributed by atoms with E-state index in [0.717, 1.165) is 5.56 Å². The van der Waals surface area contributed by atoms with E-state index >= 15 is 0 Å². The second-order valence-electron chi connectivity index (χ2n) is 3.85. The van der Waals surface area contributed by atoms with E-state index in [1.807, 2.05) is 0 Å². The van der Waals surface area contributed by atoms with Crippen molar-refractivity contribution in [3.05, 3.63) is 27.7 Å². The summed E-state index contributed by atoms with van der Waals surface area (Å²) < 4.78 is 5.59. The number of rotatable bonds is 4. The molecule has 2 rings (SSSR count). The van der Waals surface area contributed by atoms with Crippen LogP contribution >= 0.6 is 35.6 Å². The van der Waals surface area contributed by atoms with Crippen LogP contribution in [-0.2, 0) is 6.54 Å². The minimum atomic E-state index is 0. The van der Waals surface area contributed by atoms with Gasteiger partial charge in [-0.1, -0.05) is 23.2 Å². The van der Waals surface area contributed by atoms with Crippen LogP contribution in [0.15, 0.2) is 12.1 Å². The molecule has 0 radical (unpaired) electrons. The molecular formula is C11H14Cl3NO. The molecule has 0 saturated heterocycles. The van der Waals surface area contributed by atoms with Crippen LogP contribution in [-0.4, -0.2) is 6.61 Å². The normalized spacial score (nSPS) is 14.4. The highest BCUT2D eigenvalue weighted by molar-refractivity contribution is 6.37.